The molecule has 3 aromatic rings. The molecule has 1 aromatic carbocycles. The van der Waals surface area contributed by atoms with Gasteiger partial charge in [0.15, 0.2) is 11.6 Å². The van der Waals surface area contributed by atoms with E-state index in [0.717, 1.165) is 10.9 Å². The number of para-hydroxylation sites is 1. The number of fused-ring (bicyclic) bond motifs is 1. The Kier molecular flexibility index (Phi) is 3.16. The molecule has 0 radical (unpaired) electrons. The summed E-state index contributed by atoms with van der Waals surface area (Å²) in [5, 5.41) is 3.76. The topological polar surface area (TPSA) is 57.8 Å². The predicted molar refractivity (Wildman–Crippen MR) is 76.1 cm³/mol. The number of nitrogens with zero attached hydrogens (tertiary/aromatic N) is 1. The van der Waals surface area contributed by atoms with Gasteiger partial charge in [0.1, 0.15) is 0 Å². The van der Waals surface area contributed by atoms with Crippen molar-refractivity contribution in [2.75, 3.05) is 5.32 Å². The Morgan fingerprint density at radius 1 is 1.20 bits per heavy atom. The Bertz CT molecular complexity index is 813. The van der Waals surface area contributed by atoms with Crippen LogP contribution in [-0.2, 0) is 6.54 Å². The zero-order valence-corrected chi connectivity index (χ0v) is 10.6. The Morgan fingerprint density at radius 2 is 2.05 bits per heavy atom. The Balaban J connectivity index is 1.89. The number of hydrogen-bond acceptors (Lipinski definition) is 3. The number of benzene rings is 1. The number of rotatable bonds is 3. The average Bonchev–Trinajstić information content (AvgIpc) is 2.46. The van der Waals surface area contributed by atoms with E-state index in [-0.39, 0.29) is 17.9 Å². The number of anilines is 1. The first-order valence-corrected chi connectivity index (χ1v) is 6.19. The molecule has 5 heteroatoms. The third kappa shape index (κ3) is 2.38. The molecule has 0 aliphatic rings. The summed E-state index contributed by atoms with van der Waals surface area (Å²) in [7, 11) is 0. The summed E-state index contributed by atoms with van der Waals surface area (Å²) >= 11 is 0. The highest BCUT2D eigenvalue weighted by atomic mass is 19.1. The van der Waals surface area contributed by atoms with Crippen molar-refractivity contribution in [2.24, 2.45) is 0 Å². The predicted octanol–water partition coefficient (Wildman–Crippen LogP) is 2.67. The maximum absolute atomic E-state index is 13.4. The molecule has 2 aromatic heterocycles. The van der Waals surface area contributed by atoms with Gasteiger partial charge < -0.3 is 10.3 Å². The number of pyridine rings is 2. The van der Waals surface area contributed by atoms with Crippen LogP contribution >= 0.6 is 0 Å². The standard InChI is InChI=1S/C15H12FN3O/c16-12-5-3-7-17-14(12)18-9-11-8-10-4-1-2-6-13(10)19-15(11)20/h1-8H,9H2,(H,17,18)(H,19,20). The van der Waals surface area contributed by atoms with Crippen LogP contribution in [0.1, 0.15) is 5.56 Å². The van der Waals surface area contributed by atoms with Gasteiger partial charge in [-0.1, -0.05) is 18.2 Å². The highest BCUT2D eigenvalue weighted by Crippen LogP contribution is 2.12. The molecule has 0 aliphatic heterocycles. The summed E-state index contributed by atoms with van der Waals surface area (Å²) < 4.78 is 13.4. The summed E-state index contributed by atoms with van der Waals surface area (Å²) in [4.78, 5) is 18.6. The van der Waals surface area contributed by atoms with Crippen LogP contribution in [0.4, 0.5) is 10.2 Å². The molecule has 0 unspecified atom stereocenters. The number of nitrogens with one attached hydrogen (secondary N) is 2. The summed E-state index contributed by atoms with van der Waals surface area (Å²) in [6, 6.07) is 12.1. The average molecular weight is 269 g/mol. The second kappa shape index (κ2) is 5.13. The van der Waals surface area contributed by atoms with Gasteiger partial charge in [-0.05, 0) is 29.7 Å². The van der Waals surface area contributed by atoms with Crippen LogP contribution in [0.5, 0.6) is 0 Å². The fourth-order valence-corrected chi connectivity index (χ4v) is 2.02. The fourth-order valence-electron chi connectivity index (χ4n) is 2.02. The van der Waals surface area contributed by atoms with E-state index in [0.29, 0.717) is 5.56 Å². The third-order valence-electron chi connectivity index (χ3n) is 3.04. The molecule has 0 saturated carbocycles. The Labute approximate surface area is 114 Å². The van der Waals surface area contributed by atoms with Crippen molar-refractivity contribution in [1.29, 1.82) is 0 Å². The largest absolute Gasteiger partial charge is 0.363 e. The number of H-pyrrole nitrogens is 1. The molecule has 2 heterocycles. The molecule has 0 atom stereocenters. The van der Waals surface area contributed by atoms with Crippen molar-refractivity contribution < 1.29 is 4.39 Å². The monoisotopic (exact) mass is 269 g/mol. The second-order valence-corrected chi connectivity index (χ2v) is 4.40. The van der Waals surface area contributed by atoms with E-state index in [9.17, 15) is 9.18 Å². The Hall–Kier alpha value is -2.69. The lowest BCUT2D eigenvalue weighted by molar-refractivity contribution is 0.624. The van der Waals surface area contributed by atoms with Gasteiger partial charge in [-0.3, -0.25) is 4.79 Å². The summed E-state index contributed by atoms with van der Waals surface area (Å²) in [5.41, 5.74) is 1.13. The molecular formula is C15H12FN3O. The highest BCUT2D eigenvalue weighted by molar-refractivity contribution is 5.78. The molecule has 0 bridgehead atoms. The lowest BCUT2D eigenvalue weighted by Gasteiger charge is -2.06. The minimum atomic E-state index is -0.440. The van der Waals surface area contributed by atoms with Crippen molar-refractivity contribution in [2.45, 2.75) is 6.54 Å². The van der Waals surface area contributed by atoms with Gasteiger partial charge in [0, 0.05) is 23.8 Å². The second-order valence-electron chi connectivity index (χ2n) is 4.40. The lowest BCUT2D eigenvalue weighted by Crippen LogP contribution is -2.16. The van der Waals surface area contributed by atoms with Crippen molar-refractivity contribution in [3.8, 4) is 0 Å². The van der Waals surface area contributed by atoms with E-state index in [4.69, 9.17) is 0 Å². The zero-order chi connectivity index (χ0) is 13.9. The molecule has 4 nitrogen and oxygen atoms in total. The quantitative estimate of drug-likeness (QED) is 0.768. The van der Waals surface area contributed by atoms with Gasteiger partial charge in [0.25, 0.3) is 5.56 Å². The first-order valence-electron chi connectivity index (χ1n) is 6.19. The maximum atomic E-state index is 13.4. The van der Waals surface area contributed by atoms with Gasteiger partial charge in [0.2, 0.25) is 0 Å². The summed E-state index contributed by atoms with van der Waals surface area (Å²) in [6.45, 7) is 0.216. The van der Waals surface area contributed by atoms with Crippen LogP contribution in [0.15, 0.2) is 53.5 Å². The first-order chi connectivity index (χ1) is 9.74. The molecule has 0 saturated heterocycles. The van der Waals surface area contributed by atoms with E-state index in [1.807, 2.05) is 24.3 Å². The van der Waals surface area contributed by atoms with Crippen LogP contribution < -0.4 is 10.9 Å². The number of hydrogen-bond donors (Lipinski definition) is 2. The molecule has 0 amide bonds. The maximum Gasteiger partial charge on any atom is 0.253 e. The summed E-state index contributed by atoms with van der Waals surface area (Å²) in [5.74, 6) is -0.301. The van der Waals surface area contributed by atoms with Crippen LogP contribution in [-0.4, -0.2) is 9.97 Å². The fraction of sp³-hybridized carbons (Fsp3) is 0.0667. The van der Waals surface area contributed by atoms with E-state index >= 15 is 0 Å². The summed E-state index contributed by atoms with van der Waals surface area (Å²) in [6.07, 6.45) is 1.50. The number of aromatic nitrogens is 2. The molecule has 0 spiro atoms. The molecule has 3 rings (SSSR count). The molecule has 20 heavy (non-hydrogen) atoms. The van der Waals surface area contributed by atoms with Crippen molar-refractivity contribution >= 4 is 16.7 Å². The number of halogens is 1. The van der Waals surface area contributed by atoms with Crippen molar-refractivity contribution in [3.05, 3.63) is 70.4 Å². The SMILES string of the molecule is O=c1[nH]c2ccccc2cc1CNc1ncccc1F. The normalized spacial score (nSPS) is 10.7. The molecule has 100 valence electrons. The first kappa shape index (κ1) is 12.3. The van der Waals surface area contributed by atoms with E-state index < -0.39 is 5.82 Å². The van der Waals surface area contributed by atoms with Crippen molar-refractivity contribution in [1.82, 2.24) is 9.97 Å². The molecule has 0 fully saturated rings. The Morgan fingerprint density at radius 3 is 2.90 bits per heavy atom. The highest BCUT2D eigenvalue weighted by Gasteiger charge is 2.05. The van der Waals surface area contributed by atoms with E-state index in [1.165, 1.54) is 18.3 Å². The number of aromatic amines is 1. The van der Waals surface area contributed by atoms with E-state index in [1.54, 1.807) is 6.07 Å². The minimum absolute atomic E-state index is 0.139. The third-order valence-corrected chi connectivity index (χ3v) is 3.04. The van der Waals surface area contributed by atoms with Crippen LogP contribution in [0.3, 0.4) is 0 Å². The van der Waals surface area contributed by atoms with Gasteiger partial charge >= 0.3 is 0 Å². The zero-order valence-electron chi connectivity index (χ0n) is 10.6. The van der Waals surface area contributed by atoms with Gasteiger partial charge in [-0.25, -0.2) is 9.37 Å². The van der Waals surface area contributed by atoms with Crippen molar-refractivity contribution in [3.63, 3.8) is 0 Å². The van der Waals surface area contributed by atoms with Crippen LogP contribution in [0.25, 0.3) is 10.9 Å². The lowest BCUT2D eigenvalue weighted by atomic mass is 10.1. The molecule has 2 N–H and O–H groups in total. The molecular weight excluding hydrogens is 257 g/mol. The van der Waals surface area contributed by atoms with E-state index in [2.05, 4.69) is 15.3 Å². The van der Waals surface area contributed by atoms with Crippen LogP contribution in [0.2, 0.25) is 0 Å². The van der Waals surface area contributed by atoms with Gasteiger partial charge in [-0.2, -0.15) is 0 Å². The van der Waals surface area contributed by atoms with Gasteiger partial charge in [0.05, 0.1) is 0 Å². The van der Waals surface area contributed by atoms with Gasteiger partial charge in [-0.15, -0.1) is 0 Å². The minimum Gasteiger partial charge on any atom is -0.363 e. The van der Waals surface area contributed by atoms with Crippen LogP contribution in [0, 0.1) is 5.82 Å². The molecule has 0 aliphatic carbocycles. The smallest absolute Gasteiger partial charge is 0.253 e.